The lowest BCUT2D eigenvalue weighted by atomic mass is 10.1. The highest BCUT2D eigenvalue weighted by Crippen LogP contribution is 2.24. The maximum Gasteiger partial charge on any atom is 0.227 e. The minimum absolute atomic E-state index is 0.597. The van der Waals surface area contributed by atoms with Crippen LogP contribution in [0.25, 0.3) is 11.3 Å². The molecule has 0 saturated carbocycles. The van der Waals surface area contributed by atoms with Gasteiger partial charge in [-0.3, -0.25) is 0 Å². The van der Waals surface area contributed by atoms with E-state index in [1.165, 1.54) is 5.56 Å². The van der Waals surface area contributed by atoms with Crippen molar-refractivity contribution in [1.82, 2.24) is 9.97 Å². The number of hydrogen-bond donors (Lipinski definition) is 1. The first-order valence-electron chi connectivity index (χ1n) is 9.44. The third-order valence-corrected chi connectivity index (χ3v) is 4.52. The summed E-state index contributed by atoms with van der Waals surface area (Å²) in [4.78, 5) is 9.04. The highest BCUT2D eigenvalue weighted by Gasteiger charge is 2.05. The second-order valence-corrected chi connectivity index (χ2v) is 6.62. The normalized spacial score (nSPS) is 15.6. The molecule has 0 unspecified atom stereocenters. The van der Waals surface area contributed by atoms with Crippen molar-refractivity contribution in [3.8, 4) is 17.0 Å². The predicted octanol–water partition coefficient (Wildman–Crippen LogP) is 5.55. The summed E-state index contributed by atoms with van der Waals surface area (Å²) in [5.74, 6) is 1.46. The topological polar surface area (TPSA) is 47.0 Å². The predicted molar refractivity (Wildman–Crippen MR) is 109 cm³/mol. The molecule has 27 heavy (non-hydrogen) atoms. The van der Waals surface area contributed by atoms with Gasteiger partial charge in [0.1, 0.15) is 5.75 Å². The van der Waals surface area contributed by atoms with Crippen molar-refractivity contribution in [2.24, 2.45) is 0 Å². The van der Waals surface area contributed by atoms with Crippen molar-refractivity contribution in [2.45, 2.75) is 25.7 Å². The first kappa shape index (κ1) is 17.3. The third kappa shape index (κ3) is 4.73. The number of nitrogens with zero attached hydrogens (tertiary/aromatic N) is 2. The molecule has 0 aliphatic carbocycles. The number of aromatic nitrogens is 2. The molecular weight excluding hydrogens is 334 g/mol. The van der Waals surface area contributed by atoms with Gasteiger partial charge in [0, 0.05) is 17.4 Å². The molecular formula is C23H23N3O. The minimum atomic E-state index is 0.597. The molecule has 0 spiro atoms. The van der Waals surface area contributed by atoms with Gasteiger partial charge in [-0.25, -0.2) is 9.97 Å². The van der Waals surface area contributed by atoms with Gasteiger partial charge in [-0.1, -0.05) is 36.4 Å². The molecule has 1 aliphatic heterocycles. The van der Waals surface area contributed by atoms with E-state index in [4.69, 9.17) is 4.74 Å². The first-order chi connectivity index (χ1) is 13.4. The van der Waals surface area contributed by atoms with Crippen LogP contribution in [0.5, 0.6) is 5.75 Å². The first-order valence-corrected chi connectivity index (χ1v) is 9.44. The van der Waals surface area contributed by atoms with Crippen LogP contribution in [0.3, 0.4) is 0 Å². The van der Waals surface area contributed by atoms with Crippen molar-refractivity contribution in [1.29, 1.82) is 0 Å². The smallest absolute Gasteiger partial charge is 0.227 e. The molecule has 136 valence electrons. The van der Waals surface area contributed by atoms with E-state index in [-0.39, 0.29) is 0 Å². The number of fused-ring (bicyclic) bond motifs is 7. The molecule has 3 aromatic rings. The van der Waals surface area contributed by atoms with Gasteiger partial charge in [0.15, 0.2) is 0 Å². The summed E-state index contributed by atoms with van der Waals surface area (Å²) in [6.07, 6.45) is 10.4. The Labute approximate surface area is 160 Å². The van der Waals surface area contributed by atoms with Crippen LogP contribution in [0.1, 0.15) is 24.8 Å². The van der Waals surface area contributed by atoms with E-state index in [0.29, 0.717) is 12.6 Å². The molecule has 2 heterocycles. The highest BCUT2D eigenvalue weighted by atomic mass is 16.5. The van der Waals surface area contributed by atoms with Gasteiger partial charge in [-0.2, -0.15) is 0 Å². The highest BCUT2D eigenvalue weighted by molar-refractivity contribution is 5.63. The lowest BCUT2D eigenvalue weighted by Crippen LogP contribution is -1.99. The lowest BCUT2D eigenvalue weighted by Gasteiger charge is -2.10. The Hall–Kier alpha value is -3.14. The number of anilines is 2. The third-order valence-electron chi connectivity index (χ3n) is 4.52. The van der Waals surface area contributed by atoms with Gasteiger partial charge in [0.2, 0.25) is 5.95 Å². The van der Waals surface area contributed by atoms with Gasteiger partial charge in [-0.05, 0) is 61.6 Å². The average Bonchev–Trinajstić information content (AvgIpc) is 2.70. The summed E-state index contributed by atoms with van der Waals surface area (Å²) in [5.41, 5.74) is 4.22. The molecule has 1 aliphatic rings. The van der Waals surface area contributed by atoms with Crippen LogP contribution >= 0.6 is 0 Å². The standard InChI is InChI=1S/C23H23N3O/c1-2-4-8-18-9-6-11-20(16-18)25-23-24-14-13-22(26-23)19-10-7-12-21(17-19)27-15-5-3-1/h1,3,6-7,9-14,16-17H,2,4-5,8,15H2,(H,24,25,26)/b3-1+. The van der Waals surface area contributed by atoms with Gasteiger partial charge >= 0.3 is 0 Å². The van der Waals surface area contributed by atoms with E-state index in [1.807, 2.05) is 36.4 Å². The van der Waals surface area contributed by atoms with E-state index < -0.39 is 0 Å². The van der Waals surface area contributed by atoms with Crippen LogP contribution < -0.4 is 10.1 Å². The molecule has 4 heteroatoms. The molecule has 1 N–H and O–H groups in total. The number of hydrogen-bond acceptors (Lipinski definition) is 4. The lowest BCUT2D eigenvalue weighted by molar-refractivity contribution is 0.325. The monoisotopic (exact) mass is 357 g/mol. The Balaban J connectivity index is 1.66. The summed E-state index contributed by atoms with van der Waals surface area (Å²) in [5, 5.41) is 3.33. The van der Waals surface area contributed by atoms with E-state index in [1.54, 1.807) is 6.20 Å². The maximum atomic E-state index is 5.89. The average molecular weight is 357 g/mol. The van der Waals surface area contributed by atoms with Crippen LogP contribution in [-0.2, 0) is 6.42 Å². The van der Waals surface area contributed by atoms with Crippen molar-refractivity contribution in [3.05, 3.63) is 78.5 Å². The number of aryl methyl sites for hydroxylation is 1. The van der Waals surface area contributed by atoms with Gasteiger partial charge in [0.25, 0.3) is 0 Å². The number of benzene rings is 2. The second kappa shape index (κ2) is 8.49. The van der Waals surface area contributed by atoms with Crippen LogP contribution in [-0.4, -0.2) is 16.6 Å². The number of allylic oxidation sites excluding steroid dienone is 1. The minimum Gasteiger partial charge on any atom is -0.493 e. The second-order valence-electron chi connectivity index (χ2n) is 6.62. The summed E-state index contributed by atoms with van der Waals surface area (Å²) in [7, 11) is 0. The van der Waals surface area contributed by atoms with Crippen LogP contribution in [0.2, 0.25) is 0 Å². The van der Waals surface area contributed by atoms with Crippen LogP contribution in [0.4, 0.5) is 11.6 Å². The van der Waals surface area contributed by atoms with Crippen molar-refractivity contribution in [2.75, 3.05) is 11.9 Å². The van der Waals surface area contributed by atoms with E-state index >= 15 is 0 Å². The summed E-state index contributed by atoms with van der Waals surface area (Å²) >= 11 is 0. The van der Waals surface area contributed by atoms with Gasteiger partial charge in [0.05, 0.1) is 12.3 Å². The fourth-order valence-electron chi connectivity index (χ4n) is 3.16. The fourth-order valence-corrected chi connectivity index (χ4v) is 3.16. The van der Waals surface area contributed by atoms with Crippen molar-refractivity contribution < 1.29 is 4.74 Å². The Morgan fingerprint density at radius 3 is 2.85 bits per heavy atom. The number of nitrogens with one attached hydrogen (secondary N) is 1. The molecule has 1 aromatic heterocycles. The fraction of sp³-hybridized carbons (Fsp3) is 0.217. The molecule has 0 saturated heterocycles. The summed E-state index contributed by atoms with van der Waals surface area (Å²) in [6, 6.07) is 18.4. The number of ether oxygens (including phenoxy) is 1. The quantitative estimate of drug-likeness (QED) is 0.536. The molecule has 2 aromatic carbocycles. The van der Waals surface area contributed by atoms with E-state index in [9.17, 15) is 0 Å². The molecule has 0 atom stereocenters. The van der Waals surface area contributed by atoms with E-state index in [2.05, 4.69) is 45.6 Å². The van der Waals surface area contributed by atoms with Crippen LogP contribution in [0, 0.1) is 0 Å². The summed E-state index contributed by atoms with van der Waals surface area (Å²) < 4.78 is 5.89. The Kier molecular flexibility index (Phi) is 5.44. The van der Waals surface area contributed by atoms with E-state index in [0.717, 1.165) is 48.4 Å². The molecule has 4 nitrogen and oxygen atoms in total. The Bertz CT molecular complexity index is 936. The Morgan fingerprint density at radius 1 is 0.926 bits per heavy atom. The van der Waals surface area contributed by atoms with Gasteiger partial charge < -0.3 is 10.1 Å². The molecule has 6 bridgehead atoms. The largest absolute Gasteiger partial charge is 0.493 e. The molecule has 4 rings (SSSR count). The molecule has 0 fully saturated rings. The SMILES string of the molecule is C1=C/CCOc2cccc(c2)-c2ccnc(n2)Nc2cccc(c2)CCC/1. The van der Waals surface area contributed by atoms with Crippen molar-refractivity contribution in [3.63, 3.8) is 0 Å². The van der Waals surface area contributed by atoms with Gasteiger partial charge in [-0.15, -0.1) is 0 Å². The number of rotatable bonds is 0. The molecule has 0 amide bonds. The Morgan fingerprint density at radius 2 is 1.85 bits per heavy atom. The van der Waals surface area contributed by atoms with Crippen molar-refractivity contribution >= 4 is 11.6 Å². The van der Waals surface area contributed by atoms with Crippen LogP contribution in [0.15, 0.2) is 72.9 Å². The zero-order valence-electron chi connectivity index (χ0n) is 15.3. The zero-order chi connectivity index (χ0) is 18.3. The molecule has 0 radical (unpaired) electrons. The summed E-state index contributed by atoms with van der Waals surface area (Å²) in [6.45, 7) is 0.679. The zero-order valence-corrected chi connectivity index (χ0v) is 15.3. The maximum absolute atomic E-state index is 5.89.